The first kappa shape index (κ1) is 23.1. The van der Waals surface area contributed by atoms with Gasteiger partial charge in [-0.05, 0) is 43.2 Å². The summed E-state index contributed by atoms with van der Waals surface area (Å²) in [5, 5.41) is 5.01. The van der Waals surface area contributed by atoms with Crippen LogP contribution in [-0.4, -0.2) is 47.9 Å². The number of rotatable bonds is 5. The normalized spacial score (nSPS) is 13.8. The lowest BCUT2D eigenvalue weighted by molar-refractivity contribution is 0.415. The van der Waals surface area contributed by atoms with Crippen molar-refractivity contribution < 1.29 is 4.74 Å². The van der Waals surface area contributed by atoms with Gasteiger partial charge in [0.15, 0.2) is 5.65 Å². The number of methoxy groups -OCH3 is 1. The number of anilines is 2. The van der Waals surface area contributed by atoms with Crippen molar-refractivity contribution in [3.05, 3.63) is 96.1 Å². The molecule has 3 aromatic carbocycles. The molecule has 1 aliphatic rings. The second kappa shape index (κ2) is 9.62. The fourth-order valence-corrected chi connectivity index (χ4v) is 5.12. The largest absolute Gasteiger partial charge is 0.497 e. The summed E-state index contributed by atoms with van der Waals surface area (Å²) >= 11 is 0. The molecule has 0 saturated carbocycles. The quantitative estimate of drug-likeness (QED) is 0.302. The van der Waals surface area contributed by atoms with Crippen molar-refractivity contribution in [2.45, 2.75) is 13.8 Å². The van der Waals surface area contributed by atoms with Crippen LogP contribution in [0.15, 0.2) is 84.9 Å². The Labute approximate surface area is 217 Å². The Kier molecular flexibility index (Phi) is 6.01. The van der Waals surface area contributed by atoms with Gasteiger partial charge in [-0.25, -0.2) is 4.98 Å². The second-order valence-electron chi connectivity index (χ2n) is 9.59. The minimum absolute atomic E-state index is 0.815. The molecule has 0 N–H and O–H groups in total. The molecule has 0 atom stereocenters. The van der Waals surface area contributed by atoms with Gasteiger partial charge in [-0.15, -0.1) is 0 Å². The van der Waals surface area contributed by atoms with E-state index in [4.69, 9.17) is 14.8 Å². The first-order valence-electron chi connectivity index (χ1n) is 12.8. The zero-order valence-corrected chi connectivity index (χ0v) is 21.6. The number of nitrogens with zero attached hydrogens (tertiary/aromatic N) is 5. The van der Waals surface area contributed by atoms with Crippen LogP contribution in [0.2, 0.25) is 0 Å². The van der Waals surface area contributed by atoms with E-state index in [1.54, 1.807) is 7.11 Å². The van der Waals surface area contributed by atoms with Crippen LogP contribution in [0.1, 0.15) is 11.1 Å². The Bertz CT molecular complexity index is 1550. The van der Waals surface area contributed by atoms with E-state index >= 15 is 0 Å². The summed E-state index contributed by atoms with van der Waals surface area (Å²) in [4.78, 5) is 9.94. The molecule has 6 nitrogen and oxygen atoms in total. The van der Waals surface area contributed by atoms with Crippen LogP contribution in [0, 0.1) is 13.8 Å². The predicted octanol–water partition coefficient (Wildman–Crippen LogP) is 6.02. The lowest BCUT2D eigenvalue weighted by Crippen LogP contribution is -2.47. The summed E-state index contributed by atoms with van der Waals surface area (Å²) in [6, 6.07) is 29.2. The van der Waals surface area contributed by atoms with Gasteiger partial charge in [0.05, 0.1) is 18.5 Å². The summed E-state index contributed by atoms with van der Waals surface area (Å²) in [6.45, 7) is 8.15. The van der Waals surface area contributed by atoms with E-state index in [9.17, 15) is 0 Å². The summed E-state index contributed by atoms with van der Waals surface area (Å²) in [6.07, 6.45) is 0. The van der Waals surface area contributed by atoms with Crippen LogP contribution in [0.3, 0.4) is 0 Å². The van der Waals surface area contributed by atoms with Crippen LogP contribution < -0.4 is 14.5 Å². The van der Waals surface area contributed by atoms with Crippen LogP contribution in [0.5, 0.6) is 5.75 Å². The van der Waals surface area contributed by atoms with Gasteiger partial charge in [0.25, 0.3) is 0 Å². The Morgan fingerprint density at radius 2 is 1.43 bits per heavy atom. The number of benzene rings is 3. The van der Waals surface area contributed by atoms with E-state index in [0.29, 0.717) is 0 Å². The lowest BCUT2D eigenvalue weighted by atomic mass is 10.1. The molecule has 37 heavy (non-hydrogen) atoms. The molecule has 1 saturated heterocycles. The average Bonchev–Trinajstić information content (AvgIpc) is 3.39. The van der Waals surface area contributed by atoms with Crippen molar-refractivity contribution in [3.63, 3.8) is 0 Å². The van der Waals surface area contributed by atoms with Crippen molar-refractivity contribution >= 4 is 17.2 Å². The Hall–Kier alpha value is -4.32. The number of piperazine rings is 1. The maximum atomic E-state index is 5.45. The van der Waals surface area contributed by atoms with Crippen molar-refractivity contribution in [1.82, 2.24) is 14.6 Å². The molecule has 0 unspecified atom stereocenters. The van der Waals surface area contributed by atoms with Crippen LogP contribution in [0.25, 0.3) is 28.2 Å². The minimum atomic E-state index is 0.815. The van der Waals surface area contributed by atoms with E-state index < -0.39 is 0 Å². The van der Waals surface area contributed by atoms with Gasteiger partial charge in [-0.3, -0.25) is 0 Å². The SMILES string of the molecule is COc1cccc(-c2cc3nc(-c4ccccc4)cc(N4CCN(c5cccc(C)c5C)CC4)n3n2)c1. The molecule has 5 aromatic rings. The fourth-order valence-electron chi connectivity index (χ4n) is 5.12. The van der Waals surface area contributed by atoms with Crippen molar-refractivity contribution in [2.75, 3.05) is 43.1 Å². The van der Waals surface area contributed by atoms with Crippen molar-refractivity contribution in [3.8, 4) is 28.3 Å². The number of hydrogen-bond donors (Lipinski definition) is 0. The average molecular weight is 490 g/mol. The number of aryl methyl sites for hydroxylation is 1. The molecule has 0 radical (unpaired) electrons. The van der Waals surface area contributed by atoms with E-state index in [1.807, 2.05) is 28.8 Å². The number of hydrogen-bond acceptors (Lipinski definition) is 5. The first-order chi connectivity index (χ1) is 18.1. The van der Waals surface area contributed by atoms with E-state index in [2.05, 4.69) is 84.3 Å². The van der Waals surface area contributed by atoms with Gasteiger partial charge in [0, 0.05) is 55.1 Å². The van der Waals surface area contributed by atoms with Gasteiger partial charge in [-0.2, -0.15) is 9.61 Å². The minimum Gasteiger partial charge on any atom is -0.497 e. The molecule has 0 spiro atoms. The van der Waals surface area contributed by atoms with E-state index in [-0.39, 0.29) is 0 Å². The second-order valence-corrected chi connectivity index (χ2v) is 9.59. The smallest absolute Gasteiger partial charge is 0.158 e. The molecule has 0 aliphatic carbocycles. The molecule has 1 aliphatic heterocycles. The summed E-state index contributed by atoms with van der Waals surface area (Å²) in [7, 11) is 1.69. The highest BCUT2D eigenvalue weighted by atomic mass is 16.5. The van der Waals surface area contributed by atoms with Crippen LogP contribution in [-0.2, 0) is 0 Å². The molecule has 0 bridgehead atoms. The maximum Gasteiger partial charge on any atom is 0.158 e. The fraction of sp³-hybridized carbons (Fsp3) is 0.226. The number of fused-ring (bicyclic) bond motifs is 1. The van der Waals surface area contributed by atoms with Crippen molar-refractivity contribution in [2.24, 2.45) is 0 Å². The molecule has 0 amide bonds. The van der Waals surface area contributed by atoms with E-state index in [1.165, 1.54) is 16.8 Å². The lowest BCUT2D eigenvalue weighted by Gasteiger charge is -2.38. The standard InChI is InChI=1S/C31H31N5O/c1-22-9-7-14-29(23(22)2)34-15-17-35(18-16-34)31-21-27(24-10-5-4-6-11-24)32-30-20-28(33-36(30)31)25-12-8-13-26(19-25)37-3/h4-14,19-21H,15-18H2,1-3H3. The number of aromatic nitrogens is 3. The van der Waals surface area contributed by atoms with Crippen LogP contribution in [0.4, 0.5) is 11.5 Å². The zero-order chi connectivity index (χ0) is 25.4. The first-order valence-corrected chi connectivity index (χ1v) is 12.8. The highest BCUT2D eigenvalue weighted by molar-refractivity contribution is 5.72. The van der Waals surface area contributed by atoms with Gasteiger partial charge in [-0.1, -0.05) is 54.6 Å². The Balaban J connectivity index is 1.39. The van der Waals surface area contributed by atoms with E-state index in [0.717, 1.165) is 65.9 Å². The predicted molar refractivity (Wildman–Crippen MR) is 151 cm³/mol. The summed E-state index contributed by atoms with van der Waals surface area (Å²) < 4.78 is 7.44. The summed E-state index contributed by atoms with van der Waals surface area (Å²) in [5.41, 5.74) is 8.83. The third-order valence-electron chi connectivity index (χ3n) is 7.36. The topological polar surface area (TPSA) is 45.9 Å². The van der Waals surface area contributed by atoms with Gasteiger partial charge >= 0.3 is 0 Å². The number of ether oxygens (including phenoxy) is 1. The third kappa shape index (κ3) is 4.40. The van der Waals surface area contributed by atoms with Crippen molar-refractivity contribution in [1.29, 1.82) is 0 Å². The molecular weight excluding hydrogens is 458 g/mol. The zero-order valence-electron chi connectivity index (χ0n) is 21.6. The highest BCUT2D eigenvalue weighted by Crippen LogP contribution is 2.30. The molecule has 6 rings (SSSR count). The van der Waals surface area contributed by atoms with Gasteiger partial charge < -0.3 is 14.5 Å². The maximum absolute atomic E-state index is 5.45. The molecule has 2 aromatic heterocycles. The molecule has 1 fully saturated rings. The third-order valence-corrected chi connectivity index (χ3v) is 7.36. The summed E-state index contributed by atoms with van der Waals surface area (Å²) in [5.74, 6) is 1.88. The van der Waals surface area contributed by atoms with Gasteiger partial charge in [0.1, 0.15) is 11.6 Å². The molecule has 6 heteroatoms. The Morgan fingerprint density at radius 1 is 0.703 bits per heavy atom. The Morgan fingerprint density at radius 3 is 2.22 bits per heavy atom. The molecular formula is C31H31N5O. The molecule has 186 valence electrons. The monoisotopic (exact) mass is 489 g/mol. The van der Waals surface area contributed by atoms with Gasteiger partial charge in [0.2, 0.25) is 0 Å². The highest BCUT2D eigenvalue weighted by Gasteiger charge is 2.23. The van der Waals surface area contributed by atoms with Crippen LogP contribution >= 0.6 is 0 Å². The molecule has 3 heterocycles.